The first-order valence-corrected chi connectivity index (χ1v) is 5.57. The summed E-state index contributed by atoms with van der Waals surface area (Å²) in [7, 11) is 0. The Morgan fingerprint density at radius 2 is 2.29 bits per heavy atom. The van der Waals surface area contributed by atoms with Crippen molar-refractivity contribution < 1.29 is 18.3 Å². The number of hydrogen-bond acceptors (Lipinski definition) is 3. The Balaban J connectivity index is 0.00000144. The summed E-state index contributed by atoms with van der Waals surface area (Å²) in [6.45, 7) is 0.730. The first-order valence-electron chi connectivity index (χ1n) is 5.57. The zero-order valence-corrected chi connectivity index (χ0v) is 10.2. The third-order valence-electron chi connectivity index (χ3n) is 2.95. The first kappa shape index (κ1) is 14.6. The van der Waals surface area contributed by atoms with Crippen LogP contribution in [0.25, 0.3) is 0 Å². The van der Waals surface area contributed by atoms with Crippen LogP contribution >= 0.6 is 12.4 Å². The maximum absolute atomic E-state index is 12.8. The number of nitrogens with one attached hydrogen (secondary N) is 2. The van der Waals surface area contributed by atoms with Gasteiger partial charge >= 0.3 is 0 Å². The molecule has 7 heteroatoms. The molecule has 0 aromatic rings. The molecular weight excluding hydrogens is 254 g/mol. The fourth-order valence-corrected chi connectivity index (χ4v) is 2.04. The number of rotatable bonds is 3. The molecule has 0 aliphatic carbocycles. The molecule has 2 rings (SSSR count). The largest absolute Gasteiger partial charge is 0.376 e. The molecular formula is C10H17ClF2N2O2. The van der Waals surface area contributed by atoms with Crippen LogP contribution < -0.4 is 10.6 Å². The molecule has 0 saturated carbocycles. The number of ether oxygens (including phenoxy) is 1. The lowest BCUT2D eigenvalue weighted by Gasteiger charge is -2.14. The van der Waals surface area contributed by atoms with Crippen LogP contribution in [0.1, 0.15) is 19.3 Å². The number of carbonyl (C=O) groups excluding carboxylic acids is 1. The Bertz CT molecular complexity index is 273. The summed E-state index contributed by atoms with van der Waals surface area (Å²) < 4.78 is 31.0. The van der Waals surface area contributed by atoms with Crippen molar-refractivity contribution in [2.24, 2.45) is 0 Å². The van der Waals surface area contributed by atoms with E-state index in [9.17, 15) is 13.6 Å². The fraction of sp³-hybridized carbons (Fsp3) is 0.900. The van der Waals surface area contributed by atoms with Gasteiger partial charge in [-0.05, 0) is 12.8 Å². The van der Waals surface area contributed by atoms with Gasteiger partial charge in [0.2, 0.25) is 5.91 Å². The molecule has 0 spiro atoms. The van der Waals surface area contributed by atoms with Crippen molar-refractivity contribution in [2.45, 2.75) is 37.3 Å². The van der Waals surface area contributed by atoms with E-state index >= 15 is 0 Å². The van der Waals surface area contributed by atoms with Gasteiger partial charge in [-0.3, -0.25) is 10.1 Å². The monoisotopic (exact) mass is 270 g/mol. The molecule has 0 aromatic heterocycles. The van der Waals surface area contributed by atoms with Crippen LogP contribution in [0.15, 0.2) is 0 Å². The second kappa shape index (κ2) is 5.93. The van der Waals surface area contributed by atoms with Gasteiger partial charge < -0.3 is 10.1 Å². The van der Waals surface area contributed by atoms with Crippen molar-refractivity contribution in [3.63, 3.8) is 0 Å². The Morgan fingerprint density at radius 3 is 2.82 bits per heavy atom. The molecule has 0 radical (unpaired) electrons. The molecule has 2 unspecified atom stereocenters. The van der Waals surface area contributed by atoms with E-state index in [1.165, 1.54) is 0 Å². The second-order valence-corrected chi connectivity index (χ2v) is 4.37. The summed E-state index contributed by atoms with van der Waals surface area (Å²) in [6.07, 6.45) is 1.56. The van der Waals surface area contributed by atoms with Crippen molar-refractivity contribution in [2.75, 3.05) is 19.7 Å². The van der Waals surface area contributed by atoms with Crippen LogP contribution in [0.3, 0.4) is 0 Å². The van der Waals surface area contributed by atoms with E-state index in [0.29, 0.717) is 6.54 Å². The number of hydrogen-bond donors (Lipinski definition) is 2. The standard InChI is InChI=1S/C10H16F2N2O2.ClH/c11-10(12)4-8(14-6-10)9(15)13-5-7-2-1-3-16-7;/h7-8,14H,1-6H2,(H,13,15);1H. The Hall–Kier alpha value is -0.460. The Kier molecular flexibility index (Phi) is 5.09. The summed E-state index contributed by atoms with van der Waals surface area (Å²) in [6, 6.07) is -0.767. The summed E-state index contributed by atoms with van der Waals surface area (Å²) in [4.78, 5) is 11.5. The average Bonchev–Trinajstić information content (AvgIpc) is 2.83. The third-order valence-corrected chi connectivity index (χ3v) is 2.95. The lowest BCUT2D eigenvalue weighted by atomic mass is 10.1. The minimum atomic E-state index is -2.76. The molecule has 4 nitrogen and oxygen atoms in total. The van der Waals surface area contributed by atoms with Gasteiger partial charge in [0.05, 0.1) is 18.7 Å². The minimum Gasteiger partial charge on any atom is -0.376 e. The highest BCUT2D eigenvalue weighted by atomic mass is 35.5. The van der Waals surface area contributed by atoms with Gasteiger partial charge in [0.1, 0.15) is 0 Å². The highest BCUT2D eigenvalue weighted by molar-refractivity contribution is 5.85. The van der Waals surface area contributed by atoms with Crippen molar-refractivity contribution in [1.29, 1.82) is 0 Å². The maximum atomic E-state index is 12.8. The molecule has 17 heavy (non-hydrogen) atoms. The van der Waals surface area contributed by atoms with Gasteiger partial charge in [0, 0.05) is 19.6 Å². The van der Waals surface area contributed by atoms with E-state index in [1.54, 1.807) is 0 Å². The van der Waals surface area contributed by atoms with Gasteiger partial charge in [0.25, 0.3) is 5.92 Å². The van der Waals surface area contributed by atoms with Gasteiger partial charge in [-0.2, -0.15) is 0 Å². The fourth-order valence-electron chi connectivity index (χ4n) is 2.04. The zero-order valence-electron chi connectivity index (χ0n) is 9.38. The molecule has 2 fully saturated rings. The van der Waals surface area contributed by atoms with Gasteiger partial charge in [0.15, 0.2) is 0 Å². The second-order valence-electron chi connectivity index (χ2n) is 4.37. The third kappa shape index (κ3) is 4.04. The molecule has 2 atom stereocenters. The number of halogens is 3. The molecule has 100 valence electrons. The van der Waals surface area contributed by atoms with Crippen LogP contribution in [0.4, 0.5) is 8.78 Å². The van der Waals surface area contributed by atoms with Gasteiger partial charge in [-0.25, -0.2) is 8.78 Å². The Morgan fingerprint density at radius 1 is 1.53 bits per heavy atom. The topological polar surface area (TPSA) is 50.4 Å². The van der Waals surface area contributed by atoms with E-state index in [2.05, 4.69) is 10.6 Å². The zero-order chi connectivity index (χ0) is 11.6. The van der Waals surface area contributed by atoms with E-state index in [1.807, 2.05) is 0 Å². The predicted molar refractivity (Wildman–Crippen MR) is 60.6 cm³/mol. The van der Waals surface area contributed by atoms with Crippen molar-refractivity contribution >= 4 is 18.3 Å². The van der Waals surface area contributed by atoms with Crippen molar-refractivity contribution in [3.8, 4) is 0 Å². The van der Waals surface area contributed by atoms with E-state index in [-0.39, 0.29) is 24.4 Å². The average molecular weight is 271 g/mol. The predicted octanol–water partition coefficient (Wildman–Crippen LogP) is 0.701. The van der Waals surface area contributed by atoms with Crippen LogP contribution in [-0.2, 0) is 9.53 Å². The van der Waals surface area contributed by atoms with Crippen molar-refractivity contribution in [3.05, 3.63) is 0 Å². The van der Waals surface area contributed by atoms with E-state index < -0.39 is 24.9 Å². The summed E-state index contributed by atoms with van der Waals surface area (Å²) in [5.41, 5.74) is 0. The quantitative estimate of drug-likeness (QED) is 0.794. The normalized spacial score (nSPS) is 30.9. The molecule has 2 N–H and O–H groups in total. The lowest BCUT2D eigenvalue weighted by Crippen LogP contribution is -2.43. The number of amides is 1. The van der Waals surface area contributed by atoms with Crippen molar-refractivity contribution in [1.82, 2.24) is 10.6 Å². The SMILES string of the molecule is Cl.O=C(NCC1CCCO1)C1CC(F)(F)CN1. The molecule has 0 aromatic carbocycles. The number of alkyl halides is 2. The number of carbonyl (C=O) groups is 1. The molecule has 1 amide bonds. The molecule has 2 aliphatic rings. The molecule has 0 bridgehead atoms. The molecule has 2 aliphatic heterocycles. The first-order chi connectivity index (χ1) is 7.57. The summed E-state index contributed by atoms with van der Waals surface area (Å²) >= 11 is 0. The smallest absolute Gasteiger partial charge is 0.262 e. The molecule has 2 heterocycles. The van der Waals surface area contributed by atoms with Crippen LogP contribution in [0.2, 0.25) is 0 Å². The van der Waals surface area contributed by atoms with E-state index in [0.717, 1.165) is 19.4 Å². The highest BCUT2D eigenvalue weighted by Gasteiger charge is 2.42. The summed E-state index contributed by atoms with van der Waals surface area (Å²) in [5, 5.41) is 5.16. The highest BCUT2D eigenvalue weighted by Crippen LogP contribution is 2.25. The Labute approximate surface area is 105 Å². The molecule has 2 saturated heterocycles. The van der Waals surface area contributed by atoms with E-state index in [4.69, 9.17) is 4.74 Å². The van der Waals surface area contributed by atoms with Crippen LogP contribution in [0.5, 0.6) is 0 Å². The van der Waals surface area contributed by atoms with Gasteiger partial charge in [-0.15, -0.1) is 12.4 Å². The summed E-state index contributed by atoms with van der Waals surface area (Å²) in [5.74, 6) is -3.11. The maximum Gasteiger partial charge on any atom is 0.262 e. The van der Waals surface area contributed by atoms with Gasteiger partial charge in [-0.1, -0.05) is 0 Å². The lowest BCUT2D eigenvalue weighted by molar-refractivity contribution is -0.123. The minimum absolute atomic E-state index is 0. The van der Waals surface area contributed by atoms with Crippen LogP contribution in [0, 0.1) is 0 Å². The van der Waals surface area contributed by atoms with Crippen LogP contribution in [-0.4, -0.2) is 43.7 Å².